The molecule has 1 aromatic carbocycles. The maximum Gasteiger partial charge on any atom is 0.311 e. The van der Waals surface area contributed by atoms with Crippen LogP contribution in [0, 0.1) is 0 Å². The molecule has 0 saturated carbocycles. The lowest BCUT2D eigenvalue weighted by molar-refractivity contribution is -0.425. The van der Waals surface area contributed by atoms with Crippen LogP contribution in [0.25, 0.3) is 0 Å². The van der Waals surface area contributed by atoms with Crippen LogP contribution >= 0.6 is 15.9 Å². The Kier molecular flexibility index (Phi) is 4.10. The number of hydrogen-bond donors (Lipinski definition) is 1. The number of rotatable bonds is 3. The zero-order valence-corrected chi connectivity index (χ0v) is 9.58. The lowest BCUT2D eigenvalue weighted by Crippen LogP contribution is -2.54. The molecule has 14 heavy (non-hydrogen) atoms. The summed E-state index contributed by atoms with van der Waals surface area (Å²) in [6.07, 6.45) is 0.318. The van der Waals surface area contributed by atoms with E-state index >= 15 is 0 Å². The standard InChI is InChI=1S/C10H12BrNO2/c1-14-10(13)6-9(12)7-2-4-8(11)5-3-7/h2-5,9H,6,12H2,1H3/p+1. The maximum atomic E-state index is 11.0. The van der Waals surface area contributed by atoms with E-state index in [1.165, 1.54) is 7.11 Å². The van der Waals surface area contributed by atoms with Crippen molar-refractivity contribution in [1.82, 2.24) is 0 Å². The Morgan fingerprint density at radius 2 is 2.07 bits per heavy atom. The molecule has 76 valence electrons. The summed E-state index contributed by atoms with van der Waals surface area (Å²) in [6, 6.07) is 7.72. The first-order valence-electron chi connectivity index (χ1n) is 4.29. The van der Waals surface area contributed by atoms with E-state index in [4.69, 9.17) is 0 Å². The quantitative estimate of drug-likeness (QED) is 0.832. The summed E-state index contributed by atoms with van der Waals surface area (Å²) < 4.78 is 5.60. The molecule has 0 spiro atoms. The van der Waals surface area contributed by atoms with E-state index in [0.29, 0.717) is 6.42 Å². The maximum absolute atomic E-state index is 11.0. The third-order valence-corrected chi connectivity index (χ3v) is 2.51. The van der Waals surface area contributed by atoms with Crippen molar-refractivity contribution >= 4 is 21.9 Å². The highest BCUT2D eigenvalue weighted by Crippen LogP contribution is 2.16. The highest BCUT2D eigenvalue weighted by molar-refractivity contribution is 9.10. The molecular weight excluding hydrogens is 246 g/mol. The summed E-state index contributed by atoms with van der Waals surface area (Å²) >= 11 is 3.35. The molecule has 3 nitrogen and oxygen atoms in total. The minimum atomic E-state index is -0.229. The number of benzene rings is 1. The van der Waals surface area contributed by atoms with Crippen molar-refractivity contribution in [3.63, 3.8) is 0 Å². The Morgan fingerprint density at radius 1 is 1.50 bits per heavy atom. The van der Waals surface area contributed by atoms with Crippen molar-refractivity contribution in [3.8, 4) is 0 Å². The van der Waals surface area contributed by atoms with Crippen LogP contribution in [0.1, 0.15) is 18.0 Å². The molecule has 0 heterocycles. The summed E-state index contributed by atoms with van der Waals surface area (Å²) in [6.45, 7) is 0. The van der Waals surface area contributed by atoms with Gasteiger partial charge < -0.3 is 10.5 Å². The smallest absolute Gasteiger partial charge is 0.311 e. The minimum absolute atomic E-state index is 0.0458. The van der Waals surface area contributed by atoms with E-state index < -0.39 is 0 Å². The summed E-state index contributed by atoms with van der Waals surface area (Å²) in [5.74, 6) is -0.229. The van der Waals surface area contributed by atoms with Crippen LogP contribution in [0.2, 0.25) is 0 Å². The highest BCUT2D eigenvalue weighted by atomic mass is 79.9. The number of esters is 1. The van der Waals surface area contributed by atoms with Gasteiger partial charge in [0.25, 0.3) is 0 Å². The first-order valence-corrected chi connectivity index (χ1v) is 5.08. The Labute approximate surface area is 91.4 Å². The Morgan fingerprint density at radius 3 is 2.57 bits per heavy atom. The Hall–Kier alpha value is -0.870. The molecule has 0 aromatic heterocycles. The van der Waals surface area contributed by atoms with E-state index in [2.05, 4.69) is 26.4 Å². The zero-order chi connectivity index (χ0) is 10.6. The molecular formula is C10H13BrNO2+. The third-order valence-electron chi connectivity index (χ3n) is 1.98. The molecule has 4 heteroatoms. The molecule has 0 aliphatic rings. The van der Waals surface area contributed by atoms with Gasteiger partial charge in [-0.1, -0.05) is 28.1 Å². The van der Waals surface area contributed by atoms with Gasteiger partial charge in [-0.15, -0.1) is 0 Å². The number of halogens is 1. The zero-order valence-electron chi connectivity index (χ0n) is 8.00. The number of quaternary nitrogens is 1. The van der Waals surface area contributed by atoms with Crippen LogP contribution in [0.3, 0.4) is 0 Å². The molecule has 0 bridgehead atoms. The predicted molar refractivity (Wildman–Crippen MR) is 56.4 cm³/mol. The molecule has 1 unspecified atom stereocenters. The van der Waals surface area contributed by atoms with Crippen LogP contribution in [-0.4, -0.2) is 13.1 Å². The monoisotopic (exact) mass is 258 g/mol. The predicted octanol–water partition coefficient (Wildman–Crippen LogP) is 1.30. The fourth-order valence-electron chi connectivity index (χ4n) is 1.14. The van der Waals surface area contributed by atoms with Gasteiger partial charge in [0, 0.05) is 10.0 Å². The highest BCUT2D eigenvalue weighted by Gasteiger charge is 2.14. The third kappa shape index (κ3) is 3.12. The van der Waals surface area contributed by atoms with E-state index in [1.807, 2.05) is 24.3 Å². The normalized spacial score (nSPS) is 12.2. The number of hydrogen-bond acceptors (Lipinski definition) is 2. The summed E-state index contributed by atoms with van der Waals surface area (Å²) in [5.41, 5.74) is 4.95. The molecule has 0 saturated heterocycles. The van der Waals surface area contributed by atoms with Gasteiger partial charge in [0.2, 0.25) is 0 Å². The fraction of sp³-hybridized carbons (Fsp3) is 0.300. The van der Waals surface area contributed by atoms with Crippen LogP contribution in [0.5, 0.6) is 0 Å². The summed E-state index contributed by atoms with van der Waals surface area (Å²) in [7, 11) is 1.39. The molecule has 0 radical (unpaired) electrons. The molecule has 1 aromatic rings. The van der Waals surface area contributed by atoms with E-state index in [1.54, 1.807) is 0 Å². The molecule has 1 atom stereocenters. The Bertz CT molecular complexity index is 310. The minimum Gasteiger partial charge on any atom is -0.469 e. The SMILES string of the molecule is COC(=O)CC([NH3+])c1ccc(Br)cc1. The van der Waals surface area contributed by atoms with Gasteiger partial charge in [-0.05, 0) is 12.1 Å². The van der Waals surface area contributed by atoms with E-state index in [-0.39, 0.29) is 12.0 Å². The van der Waals surface area contributed by atoms with Gasteiger partial charge >= 0.3 is 5.97 Å². The van der Waals surface area contributed by atoms with Gasteiger partial charge in [-0.2, -0.15) is 0 Å². The lowest BCUT2D eigenvalue weighted by atomic mass is 10.1. The van der Waals surface area contributed by atoms with Gasteiger partial charge in [0.1, 0.15) is 12.5 Å². The topological polar surface area (TPSA) is 53.9 Å². The number of methoxy groups -OCH3 is 1. The van der Waals surface area contributed by atoms with Crippen LogP contribution in [-0.2, 0) is 9.53 Å². The van der Waals surface area contributed by atoms with Crippen molar-refractivity contribution in [3.05, 3.63) is 34.3 Å². The van der Waals surface area contributed by atoms with Gasteiger partial charge in [0.05, 0.1) is 7.11 Å². The number of carbonyl (C=O) groups excluding carboxylic acids is 1. The fourth-order valence-corrected chi connectivity index (χ4v) is 1.40. The number of ether oxygens (including phenoxy) is 1. The molecule has 3 N–H and O–H groups in total. The van der Waals surface area contributed by atoms with Crippen LogP contribution in [0.15, 0.2) is 28.7 Å². The van der Waals surface area contributed by atoms with Crippen molar-refractivity contribution in [1.29, 1.82) is 0 Å². The molecule has 0 aliphatic carbocycles. The summed E-state index contributed by atoms with van der Waals surface area (Å²) in [5, 5.41) is 0. The second kappa shape index (κ2) is 5.12. The number of carbonyl (C=O) groups is 1. The summed E-state index contributed by atoms with van der Waals surface area (Å²) in [4.78, 5) is 11.0. The largest absolute Gasteiger partial charge is 0.469 e. The Balaban J connectivity index is 2.65. The van der Waals surface area contributed by atoms with Gasteiger partial charge in [-0.25, -0.2) is 0 Å². The van der Waals surface area contributed by atoms with Crippen LogP contribution in [0.4, 0.5) is 0 Å². The van der Waals surface area contributed by atoms with Gasteiger partial charge in [-0.3, -0.25) is 4.79 Å². The van der Waals surface area contributed by atoms with E-state index in [9.17, 15) is 4.79 Å². The van der Waals surface area contributed by atoms with Crippen molar-refractivity contribution in [2.75, 3.05) is 7.11 Å². The van der Waals surface area contributed by atoms with E-state index in [0.717, 1.165) is 10.0 Å². The lowest BCUT2D eigenvalue weighted by Gasteiger charge is -2.07. The average Bonchev–Trinajstić information content (AvgIpc) is 2.18. The van der Waals surface area contributed by atoms with Crippen molar-refractivity contribution in [2.24, 2.45) is 0 Å². The van der Waals surface area contributed by atoms with Crippen molar-refractivity contribution < 1.29 is 15.3 Å². The first kappa shape index (κ1) is 11.2. The van der Waals surface area contributed by atoms with Gasteiger partial charge in [0.15, 0.2) is 0 Å². The average molecular weight is 259 g/mol. The van der Waals surface area contributed by atoms with Crippen LogP contribution < -0.4 is 5.73 Å². The molecule has 0 fully saturated rings. The molecule has 0 amide bonds. The molecule has 1 rings (SSSR count). The second-order valence-electron chi connectivity index (χ2n) is 3.03. The first-order chi connectivity index (χ1) is 6.63. The second-order valence-corrected chi connectivity index (χ2v) is 3.94. The van der Waals surface area contributed by atoms with Crippen molar-refractivity contribution in [2.45, 2.75) is 12.5 Å². The molecule has 0 aliphatic heterocycles.